The number of hydrogen-bond donors (Lipinski definition) is 0. The van der Waals surface area contributed by atoms with Gasteiger partial charge in [-0.2, -0.15) is 0 Å². The fraction of sp³-hybridized carbons (Fsp3) is 0.193. The van der Waals surface area contributed by atoms with E-state index >= 15 is 0 Å². The molecule has 60 heavy (non-hydrogen) atoms. The van der Waals surface area contributed by atoms with E-state index in [1.165, 1.54) is 127 Å². The zero-order valence-corrected chi connectivity index (χ0v) is 35.5. The van der Waals surface area contributed by atoms with Crippen LogP contribution in [0.3, 0.4) is 0 Å². The number of benzene rings is 6. The van der Waals surface area contributed by atoms with Gasteiger partial charge in [0.2, 0.25) is 0 Å². The second-order valence-corrected chi connectivity index (χ2v) is 20.1. The molecule has 9 aromatic rings. The van der Waals surface area contributed by atoms with Crippen molar-refractivity contribution in [1.82, 2.24) is 8.97 Å². The SMILES string of the molecule is Cc1ccccc1-c1c2c3n4c1c1ccccc1c1c(-c5ccccc5)cc5c(c14)B(C3=C1C=CC=CC1C2)c1cc(C(C)(C)C)cc2c3cc(C(C)(C)C)ccc3n-5c12. The zero-order valence-electron chi connectivity index (χ0n) is 35.5. The molecule has 1 unspecified atom stereocenters. The summed E-state index contributed by atoms with van der Waals surface area (Å²) in [5.41, 5.74) is 24.8. The number of hydrogen-bond acceptors (Lipinski definition) is 0. The highest BCUT2D eigenvalue weighted by Crippen LogP contribution is 2.54. The summed E-state index contributed by atoms with van der Waals surface area (Å²) in [5, 5.41) is 6.72. The maximum Gasteiger partial charge on any atom is 0.252 e. The molecule has 288 valence electrons. The molecule has 0 N–H and O–H groups in total. The molecule has 3 aromatic heterocycles. The molecule has 1 atom stereocenters. The van der Waals surface area contributed by atoms with E-state index in [9.17, 15) is 0 Å². The fourth-order valence-corrected chi connectivity index (χ4v) is 11.8. The van der Waals surface area contributed by atoms with Gasteiger partial charge in [-0.15, -0.1) is 0 Å². The van der Waals surface area contributed by atoms with Crippen molar-refractivity contribution >= 4 is 72.1 Å². The minimum atomic E-state index is -0.0395. The molecule has 0 amide bonds. The molecule has 2 aliphatic carbocycles. The summed E-state index contributed by atoms with van der Waals surface area (Å²) in [4.78, 5) is 0. The summed E-state index contributed by atoms with van der Waals surface area (Å²) >= 11 is 0. The summed E-state index contributed by atoms with van der Waals surface area (Å²) in [5.74, 6) is 0.302. The predicted molar refractivity (Wildman–Crippen MR) is 257 cm³/mol. The predicted octanol–water partition coefficient (Wildman–Crippen LogP) is 13.1. The highest BCUT2D eigenvalue weighted by Gasteiger charge is 2.47. The number of allylic oxidation sites excluding steroid dienone is 5. The molecule has 0 bridgehead atoms. The molecular formula is C57H47BN2. The number of pyridine rings is 1. The molecule has 2 aliphatic heterocycles. The van der Waals surface area contributed by atoms with Crippen LogP contribution in [0.4, 0.5) is 0 Å². The van der Waals surface area contributed by atoms with Crippen LogP contribution >= 0.6 is 0 Å². The Morgan fingerprint density at radius 3 is 2.15 bits per heavy atom. The molecule has 0 fully saturated rings. The third-order valence-corrected chi connectivity index (χ3v) is 14.6. The van der Waals surface area contributed by atoms with Crippen molar-refractivity contribution in [1.29, 1.82) is 0 Å². The largest absolute Gasteiger partial charge is 0.310 e. The Kier molecular flexibility index (Phi) is 6.61. The first kappa shape index (κ1) is 34.5. The van der Waals surface area contributed by atoms with E-state index in [0.717, 1.165) is 6.42 Å². The number of aromatic nitrogens is 2. The Bertz CT molecular complexity index is 3530. The van der Waals surface area contributed by atoms with Gasteiger partial charge in [-0.1, -0.05) is 157 Å². The highest BCUT2D eigenvalue weighted by atomic mass is 15.0. The first-order valence-electron chi connectivity index (χ1n) is 21.9. The third-order valence-electron chi connectivity index (χ3n) is 14.6. The monoisotopic (exact) mass is 770 g/mol. The smallest absolute Gasteiger partial charge is 0.252 e. The quantitative estimate of drug-likeness (QED) is 0.122. The molecule has 13 rings (SSSR count). The van der Waals surface area contributed by atoms with E-state index in [0.29, 0.717) is 5.92 Å². The van der Waals surface area contributed by atoms with Crippen molar-refractivity contribution in [3.05, 3.63) is 173 Å². The number of fused-ring (bicyclic) bond motifs is 10. The summed E-state index contributed by atoms with van der Waals surface area (Å²) < 4.78 is 5.46. The van der Waals surface area contributed by atoms with Crippen molar-refractivity contribution < 1.29 is 0 Å². The molecule has 4 aliphatic rings. The summed E-state index contributed by atoms with van der Waals surface area (Å²) in [6.07, 6.45) is 10.5. The van der Waals surface area contributed by atoms with Crippen LogP contribution in [0.5, 0.6) is 0 Å². The Morgan fingerprint density at radius 2 is 1.37 bits per heavy atom. The van der Waals surface area contributed by atoms with E-state index in [4.69, 9.17) is 0 Å². The van der Waals surface area contributed by atoms with Gasteiger partial charge in [-0.25, -0.2) is 0 Å². The van der Waals surface area contributed by atoms with Crippen LogP contribution in [0.2, 0.25) is 0 Å². The molecule has 3 heteroatoms. The van der Waals surface area contributed by atoms with E-state index in [1.54, 1.807) is 0 Å². The van der Waals surface area contributed by atoms with Gasteiger partial charge < -0.3 is 8.97 Å². The molecule has 0 radical (unpaired) electrons. The molecule has 5 heterocycles. The van der Waals surface area contributed by atoms with Gasteiger partial charge in [-0.3, -0.25) is 0 Å². The molecule has 0 spiro atoms. The van der Waals surface area contributed by atoms with E-state index in [1.807, 2.05) is 0 Å². The second kappa shape index (κ2) is 11.5. The lowest BCUT2D eigenvalue weighted by molar-refractivity contribution is 0.590. The molecule has 6 aromatic carbocycles. The van der Waals surface area contributed by atoms with Crippen molar-refractivity contribution in [2.45, 2.75) is 65.7 Å². The lowest BCUT2D eigenvalue weighted by Crippen LogP contribution is -2.53. The van der Waals surface area contributed by atoms with E-state index in [-0.39, 0.29) is 17.5 Å². The summed E-state index contributed by atoms with van der Waals surface area (Å²) in [6.45, 7) is 16.6. The first-order chi connectivity index (χ1) is 29.0. The van der Waals surface area contributed by atoms with Gasteiger partial charge in [0.1, 0.15) is 0 Å². The zero-order chi connectivity index (χ0) is 40.6. The van der Waals surface area contributed by atoms with Gasteiger partial charge in [0, 0.05) is 49.9 Å². The average molecular weight is 771 g/mol. The van der Waals surface area contributed by atoms with Crippen LogP contribution in [0.15, 0.2) is 145 Å². The summed E-state index contributed by atoms with van der Waals surface area (Å²) in [6, 6.07) is 44.7. The van der Waals surface area contributed by atoms with Gasteiger partial charge in [0.05, 0.1) is 16.6 Å². The Labute approximate surface area is 352 Å². The average Bonchev–Trinajstić information content (AvgIpc) is 3.76. The standard InChI is InChI=1S/C57H47BN2/c1-32-17-11-13-21-37(32)48-44-27-34-20-12-14-22-38(34)50-54(44)60-53(48)40-24-16-15-23-39(40)49-41(33-18-9-8-10-19-33)31-47-51(55(49)60)58(50)45-30-36(57(5,6)7)29-43-42-28-35(56(2,3)4)25-26-46(42)59(47)52(43)45/h8-26,28-31,34H,27H2,1-7H3. The third kappa shape index (κ3) is 4.30. The molecule has 2 nitrogen and oxygen atoms in total. The number of rotatable bonds is 2. The Morgan fingerprint density at radius 1 is 0.633 bits per heavy atom. The summed E-state index contributed by atoms with van der Waals surface area (Å²) in [7, 11) is 0. The van der Waals surface area contributed by atoms with Crippen LogP contribution in [0.25, 0.3) is 82.4 Å². The minimum Gasteiger partial charge on any atom is -0.310 e. The van der Waals surface area contributed by atoms with Crippen molar-refractivity contribution in [2.24, 2.45) is 5.92 Å². The van der Waals surface area contributed by atoms with Crippen LogP contribution in [0, 0.1) is 12.8 Å². The maximum atomic E-state index is 2.78. The number of aryl methyl sites for hydroxylation is 1. The van der Waals surface area contributed by atoms with E-state index in [2.05, 4.69) is 197 Å². The fourth-order valence-electron chi connectivity index (χ4n) is 11.8. The number of nitrogens with zero attached hydrogens (tertiary/aromatic N) is 2. The van der Waals surface area contributed by atoms with Crippen molar-refractivity contribution in [3.8, 4) is 27.9 Å². The van der Waals surface area contributed by atoms with Crippen molar-refractivity contribution in [2.75, 3.05) is 0 Å². The maximum absolute atomic E-state index is 2.78. The lowest BCUT2D eigenvalue weighted by atomic mass is 9.31. The topological polar surface area (TPSA) is 9.34 Å². The Hall–Kier alpha value is -6.32. The highest BCUT2D eigenvalue weighted by molar-refractivity contribution is 7.03. The molecule has 0 saturated heterocycles. The van der Waals surface area contributed by atoms with E-state index < -0.39 is 0 Å². The van der Waals surface area contributed by atoms with Crippen LogP contribution in [-0.2, 0) is 17.3 Å². The molecule has 0 saturated carbocycles. The second-order valence-electron chi connectivity index (χ2n) is 20.1. The van der Waals surface area contributed by atoms with Crippen LogP contribution in [0.1, 0.15) is 69.5 Å². The van der Waals surface area contributed by atoms with Gasteiger partial charge in [0.25, 0.3) is 6.71 Å². The lowest BCUT2D eigenvalue weighted by Gasteiger charge is -2.39. The van der Waals surface area contributed by atoms with Crippen LogP contribution < -0.4 is 10.9 Å². The van der Waals surface area contributed by atoms with Crippen molar-refractivity contribution in [3.63, 3.8) is 0 Å². The Balaban J connectivity index is 1.35. The molecular weight excluding hydrogens is 723 g/mol. The van der Waals surface area contributed by atoms with Crippen LogP contribution in [-0.4, -0.2) is 15.7 Å². The van der Waals surface area contributed by atoms with Gasteiger partial charge in [-0.05, 0) is 115 Å². The van der Waals surface area contributed by atoms with Gasteiger partial charge >= 0.3 is 0 Å². The minimum absolute atomic E-state index is 0.0269. The first-order valence-corrected chi connectivity index (χ1v) is 21.9. The van der Waals surface area contributed by atoms with Gasteiger partial charge in [0.15, 0.2) is 0 Å². The normalized spacial score (nSPS) is 16.4.